The van der Waals surface area contributed by atoms with Gasteiger partial charge in [-0.05, 0) is 45.8 Å². The number of ether oxygens (including phenoxy) is 1. The molecule has 0 aliphatic heterocycles. The van der Waals surface area contributed by atoms with E-state index in [4.69, 9.17) is 9.15 Å². The molecular weight excluding hydrogens is 342 g/mol. The van der Waals surface area contributed by atoms with E-state index in [9.17, 15) is 14.9 Å². The van der Waals surface area contributed by atoms with Crippen LogP contribution in [0.1, 0.15) is 16.1 Å². The van der Waals surface area contributed by atoms with E-state index >= 15 is 0 Å². The van der Waals surface area contributed by atoms with Crippen molar-refractivity contribution in [1.82, 2.24) is 0 Å². The SMILES string of the molecule is COc1ccc(/C=C(\Br)C(=O)c2ccc([N+](=O)[O-])o2)cc1. The first kappa shape index (κ1) is 15.0. The molecule has 1 aromatic carbocycles. The van der Waals surface area contributed by atoms with Crippen molar-refractivity contribution in [3.63, 3.8) is 0 Å². The van der Waals surface area contributed by atoms with Crippen LogP contribution in [0.25, 0.3) is 6.08 Å². The van der Waals surface area contributed by atoms with Gasteiger partial charge in [0.15, 0.2) is 5.76 Å². The standard InChI is InChI=1S/C14H10BrNO5/c1-20-10-4-2-9(3-5-10)8-11(15)14(17)12-6-7-13(21-12)16(18)19/h2-8H,1H3/b11-8-. The monoisotopic (exact) mass is 351 g/mol. The average molecular weight is 352 g/mol. The molecule has 0 N–H and O–H groups in total. The van der Waals surface area contributed by atoms with Crippen LogP contribution in [0.15, 0.2) is 45.3 Å². The fourth-order valence-electron chi connectivity index (χ4n) is 1.58. The topological polar surface area (TPSA) is 82.6 Å². The zero-order valence-corrected chi connectivity index (χ0v) is 12.5. The largest absolute Gasteiger partial charge is 0.497 e. The summed E-state index contributed by atoms with van der Waals surface area (Å²) >= 11 is 3.15. The first-order chi connectivity index (χ1) is 10.0. The van der Waals surface area contributed by atoms with Crippen LogP contribution in [-0.2, 0) is 0 Å². The molecule has 0 spiro atoms. The van der Waals surface area contributed by atoms with E-state index in [1.165, 1.54) is 6.07 Å². The molecule has 0 unspecified atom stereocenters. The molecule has 0 aliphatic rings. The normalized spacial score (nSPS) is 11.2. The van der Waals surface area contributed by atoms with Gasteiger partial charge in [0.1, 0.15) is 10.7 Å². The van der Waals surface area contributed by atoms with Crippen LogP contribution in [0.2, 0.25) is 0 Å². The number of carbonyl (C=O) groups is 1. The van der Waals surface area contributed by atoms with E-state index in [-0.39, 0.29) is 10.2 Å². The van der Waals surface area contributed by atoms with Gasteiger partial charge in [-0.25, -0.2) is 0 Å². The van der Waals surface area contributed by atoms with Crippen LogP contribution >= 0.6 is 15.9 Å². The van der Waals surface area contributed by atoms with Crippen molar-refractivity contribution in [3.8, 4) is 5.75 Å². The Morgan fingerprint density at radius 1 is 1.29 bits per heavy atom. The number of Topliss-reactive ketones (excluding diaryl/α,β-unsaturated/α-hetero) is 1. The van der Waals surface area contributed by atoms with Crippen molar-refractivity contribution in [2.45, 2.75) is 0 Å². The number of nitrogens with zero attached hydrogens (tertiary/aromatic N) is 1. The Morgan fingerprint density at radius 3 is 2.48 bits per heavy atom. The molecule has 0 amide bonds. The molecule has 1 heterocycles. The van der Waals surface area contributed by atoms with Gasteiger partial charge in [0.2, 0.25) is 5.78 Å². The molecule has 21 heavy (non-hydrogen) atoms. The van der Waals surface area contributed by atoms with Crippen LogP contribution in [0.4, 0.5) is 5.88 Å². The predicted molar refractivity (Wildman–Crippen MR) is 79.6 cm³/mol. The second kappa shape index (κ2) is 6.36. The Balaban J connectivity index is 2.20. The summed E-state index contributed by atoms with van der Waals surface area (Å²) in [6.45, 7) is 0. The van der Waals surface area contributed by atoms with Gasteiger partial charge in [0.05, 0.1) is 17.7 Å². The van der Waals surface area contributed by atoms with E-state index in [0.717, 1.165) is 11.6 Å². The number of carbonyl (C=O) groups excluding carboxylic acids is 1. The summed E-state index contributed by atoms with van der Waals surface area (Å²) < 4.78 is 10.1. The molecule has 0 aliphatic carbocycles. The van der Waals surface area contributed by atoms with Gasteiger partial charge >= 0.3 is 5.88 Å². The molecular formula is C14H10BrNO5. The van der Waals surface area contributed by atoms with Crippen LogP contribution < -0.4 is 4.74 Å². The lowest BCUT2D eigenvalue weighted by Crippen LogP contribution is -1.96. The summed E-state index contributed by atoms with van der Waals surface area (Å²) in [4.78, 5) is 21.9. The fourth-order valence-corrected chi connectivity index (χ4v) is 2.04. The molecule has 0 atom stereocenters. The first-order valence-electron chi connectivity index (χ1n) is 5.81. The van der Waals surface area contributed by atoms with Crippen LogP contribution in [0.3, 0.4) is 0 Å². The zero-order valence-electron chi connectivity index (χ0n) is 10.9. The van der Waals surface area contributed by atoms with Crippen molar-refractivity contribution in [3.05, 3.63) is 62.3 Å². The fraction of sp³-hybridized carbons (Fsp3) is 0.0714. The van der Waals surface area contributed by atoms with Gasteiger partial charge < -0.3 is 9.15 Å². The Kier molecular flexibility index (Phi) is 4.54. The number of ketones is 1. The first-order valence-corrected chi connectivity index (χ1v) is 6.60. The lowest BCUT2D eigenvalue weighted by molar-refractivity contribution is -0.402. The average Bonchev–Trinajstić information content (AvgIpc) is 2.97. The summed E-state index contributed by atoms with van der Waals surface area (Å²) in [7, 11) is 1.56. The van der Waals surface area contributed by atoms with Gasteiger partial charge in [-0.1, -0.05) is 12.1 Å². The minimum Gasteiger partial charge on any atom is -0.497 e. The third-order valence-corrected chi connectivity index (χ3v) is 3.21. The highest BCUT2D eigenvalue weighted by Gasteiger charge is 2.19. The summed E-state index contributed by atoms with van der Waals surface area (Å²) in [5.41, 5.74) is 0.775. The highest BCUT2D eigenvalue weighted by atomic mass is 79.9. The molecule has 0 bridgehead atoms. The molecule has 108 valence electrons. The molecule has 7 heteroatoms. The minimum atomic E-state index is -0.697. The molecule has 1 aromatic heterocycles. The molecule has 2 rings (SSSR count). The van der Waals surface area contributed by atoms with Crippen LogP contribution in [-0.4, -0.2) is 17.8 Å². The molecule has 6 nitrogen and oxygen atoms in total. The summed E-state index contributed by atoms with van der Waals surface area (Å²) in [5.74, 6) is -0.336. The van der Waals surface area contributed by atoms with E-state index < -0.39 is 16.6 Å². The Bertz CT molecular complexity index is 702. The maximum absolute atomic E-state index is 12.1. The lowest BCUT2D eigenvalue weighted by Gasteiger charge is -2.00. The number of furan rings is 1. The van der Waals surface area contributed by atoms with Crippen molar-refractivity contribution >= 4 is 33.7 Å². The van der Waals surface area contributed by atoms with E-state index in [0.29, 0.717) is 5.75 Å². The van der Waals surface area contributed by atoms with E-state index in [1.807, 2.05) is 0 Å². The highest BCUT2D eigenvalue weighted by molar-refractivity contribution is 9.12. The third kappa shape index (κ3) is 3.57. The maximum Gasteiger partial charge on any atom is 0.433 e. The predicted octanol–water partition coefficient (Wildman–Crippen LogP) is 3.82. The summed E-state index contributed by atoms with van der Waals surface area (Å²) in [5, 5.41) is 10.5. The highest BCUT2D eigenvalue weighted by Crippen LogP contribution is 2.23. The number of nitro groups is 1. The van der Waals surface area contributed by atoms with Crippen molar-refractivity contribution in [1.29, 1.82) is 0 Å². The van der Waals surface area contributed by atoms with Gasteiger partial charge in [0.25, 0.3) is 0 Å². The number of hydrogen-bond donors (Lipinski definition) is 0. The maximum atomic E-state index is 12.1. The second-order valence-electron chi connectivity index (χ2n) is 3.99. The quantitative estimate of drug-likeness (QED) is 0.354. The third-order valence-electron chi connectivity index (χ3n) is 2.62. The molecule has 2 aromatic rings. The Labute approximate surface area is 128 Å². The number of rotatable bonds is 5. The molecule has 0 radical (unpaired) electrons. The van der Waals surface area contributed by atoms with E-state index in [2.05, 4.69) is 15.9 Å². The smallest absolute Gasteiger partial charge is 0.433 e. The van der Waals surface area contributed by atoms with Crippen molar-refractivity contribution in [2.75, 3.05) is 7.11 Å². The molecule has 0 saturated heterocycles. The second-order valence-corrected chi connectivity index (χ2v) is 4.84. The lowest BCUT2D eigenvalue weighted by atomic mass is 10.2. The Hall–Kier alpha value is -2.41. The summed E-state index contributed by atoms with van der Waals surface area (Å²) in [6, 6.07) is 9.48. The molecule has 0 saturated carbocycles. The van der Waals surface area contributed by atoms with Crippen LogP contribution in [0.5, 0.6) is 5.75 Å². The van der Waals surface area contributed by atoms with Crippen molar-refractivity contribution < 1.29 is 18.9 Å². The van der Waals surface area contributed by atoms with Crippen molar-refractivity contribution in [2.24, 2.45) is 0 Å². The molecule has 0 fully saturated rings. The number of benzene rings is 1. The number of allylic oxidation sites excluding steroid dienone is 1. The minimum absolute atomic E-state index is 0.0988. The Morgan fingerprint density at radius 2 is 1.95 bits per heavy atom. The van der Waals surface area contributed by atoms with Crippen LogP contribution in [0, 0.1) is 10.1 Å². The summed E-state index contributed by atoms with van der Waals surface area (Å²) in [6.07, 6.45) is 1.59. The number of halogens is 1. The van der Waals surface area contributed by atoms with Gasteiger partial charge in [-0.15, -0.1) is 0 Å². The zero-order chi connectivity index (χ0) is 15.4. The van der Waals surface area contributed by atoms with E-state index in [1.54, 1.807) is 37.5 Å². The van der Waals surface area contributed by atoms with Gasteiger partial charge in [-0.3, -0.25) is 14.9 Å². The number of hydrogen-bond acceptors (Lipinski definition) is 5. The van der Waals surface area contributed by atoms with Gasteiger partial charge in [-0.2, -0.15) is 0 Å². The van der Waals surface area contributed by atoms with Gasteiger partial charge in [0, 0.05) is 0 Å². The number of methoxy groups -OCH3 is 1.